The summed E-state index contributed by atoms with van der Waals surface area (Å²) < 4.78 is 8.54. The summed E-state index contributed by atoms with van der Waals surface area (Å²) in [4.78, 5) is 18.7. The molecular formula is C18H18N2O2S2. The highest BCUT2D eigenvalue weighted by molar-refractivity contribution is 7.98. The monoisotopic (exact) mass is 358 g/mol. The fourth-order valence-electron chi connectivity index (χ4n) is 2.55. The number of carbonyl (C=O) groups is 1. The van der Waals surface area contributed by atoms with Crippen molar-refractivity contribution in [2.45, 2.75) is 18.4 Å². The van der Waals surface area contributed by atoms with Crippen LogP contribution in [-0.2, 0) is 6.54 Å². The molecule has 0 fully saturated rings. The maximum atomic E-state index is 12.6. The fraction of sp³-hybridized carbons (Fsp3) is 0.222. The standard InChI is InChI=1S/C18H18N2O2S2/c1-4-20-16-14(22-2)9-6-10-15(16)24-18(20)19-17(21)12-7-5-8-13(11-12)23-3/h5-11H,4H2,1-3H3. The van der Waals surface area contributed by atoms with E-state index in [9.17, 15) is 4.79 Å². The second kappa shape index (κ2) is 7.23. The molecule has 2 aromatic carbocycles. The molecule has 6 heteroatoms. The number of aryl methyl sites for hydroxylation is 1. The Morgan fingerprint density at radius 2 is 2.08 bits per heavy atom. The maximum absolute atomic E-state index is 12.6. The molecule has 1 heterocycles. The van der Waals surface area contributed by atoms with Crippen molar-refractivity contribution in [3.63, 3.8) is 0 Å². The summed E-state index contributed by atoms with van der Waals surface area (Å²) in [5.74, 6) is 0.572. The van der Waals surface area contributed by atoms with Gasteiger partial charge in [-0.25, -0.2) is 0 Å². The van der Waals surface area contributed by atoms with Crippen LogP contribution in [0.5, 0.6) is 5.75 Å². The van der Waals surface area contributed by atoms with Crippen molar-refractivity contribution in [2.75, 3.05) is 13.4 Å². The molecule has 0 aliphatic rings. The van der Waals surface area contributed by atoms with Gasteiger partial charge in [-0.15, -0.1) is 11.8 Å². The Bertz CT molecular complexity index is 957. The highest BCUT2D eigenvalue weighted by atomic mass is 32.2. The third kappa shape index (κ3) is 3.12. The van der Waals surface area contributed by atoms with E-state index in [1.165, 1.54) is 11.3 Å². The molecular weight excluding hydrogens is 340 g/mol. The number of hydrogen-bond acceptors (Lipinski definition) is 4. The number of carbonyl (C=O) groups excluding carboxylic acids is 1. The molecule has 3 rings (SSSR count). The summed E-state index contributed by atoms with van der Waals surface area (Å²) in [7, 11) is 1.66. The highest BCUT2D eigenvalue weighted by Gasteiger charge is 2.12. The number of amides is 1. The lowest BCUT2D eigenvalue weighted by Gasteiger charge is -2.05. The third-order valence-electron chi connectivity index (χ3n) is 3.71. The molecule has 0 radical (unpaired) electrons. The second-order valence-electron chi connectivity index (χ2n) is 5.08. The third-order valence-corrected chi connectivity index (χ3v) is 5.48. The van der Waals surface area contributed by atoms with Gasteiger partial charge in [0.2, 0.25) is 0 Å². The molecule has 0 saturated carbocycles. The lowest BCUT2D eigenvalue weighted by atomic mass is 10.2. The van der Waals surface area contributed by atoms with Crippen molar-refractivity contribution in [3.8, 4) is 5.75 Å². The van der Waals surface area contributed by atoms with Gasteiger partial charge in [0.05, 0.1) is 11.8 Å². The van der Waals surface area contributed by atoms with Gasteiger partial charge in [0, 0.05) is 17.0 Å². The maximum Gasteiger partial charge on any atom is 0.279 e. The summed E-state index contributed by atoms with van der Waals surface area (Å²) in [5, 5.41) is 0. The Balaban J connectivity index is 2.14. The number of ether oxygens (including phenoxy) is 1. The fourth-order valence-corrected chi connectivity index (χ4v) is 4.12. The van der Waals surface area contributed by atoms with Gasteiger partial charge in [0.25, 0.3) is 5.91 Å². The quantitative estimate of drug-likeness (QED) is 0.657. The van der Waals surface area contributed by atoms with Crippen LogP contribution in [0, 0.1) is 0 Å². The van der Waals surface area contributed by atoms with Gasteiger partial charge < -0.3 is 9.30 Å². The number of fused-ring (bicyclic) bond motifs is 1. The van der Waals surface area contributed by atoms with Crippen LogP contribution in [0.3, 0.4) is 0 Å². The van der Waals surface area contributed by atoms with Gasteiger partial charge in [-0.3, -0.25) is 4.79 Å². The van der Waals surface area contributed by atoms with Crippen LogP contribution in [0.25, 0.3) is 10.2 Å². The first-order chi connectivity index (χ1) is 11.7. The van der Waals surface area contributed by atoms with E-state index in [-0.39, 0.29) is 5.91 Å². The summed E-state index contributed by atoms with van der Waals surface area (Å²) in [6.45, 7) is 2.76. The van der Waals surface area contributed by atoms with E-state index in [0.29, 0.717) is 10.4 Å². The number of hydrogen-bond donors (Lipinski definition) is 0. The van der Waals surface area contributed by atoms with Gasteiger partial charge >= 0.3 is 0 Å². The summed E-state index contributed by atoms with van der Waals surface area (Å²) in [6, 6.07) is 13.4. The van der Waals surface area contributed by atoms with E-state index in [1.54, 1.807) is 24.9 Å². The van der Waals surface area contributed by atoms with Gasteiger partial charge in [0.1, 0.15) is 11.3 Å². The Kier molecular flexibility index (Phi) is 5.06. The van der Waals surface area contributed by atoms with E-state index in [1.807, 2.05) is 54.1 Å². The first-order valence-electron chi connectivity index (χ1n) is 7.57. The van der Waals surface area contributed by atoms with E-state index in [0.717, 1.165) is 27.4 Å². The number of rotatable bonds is 4. The molecule has 0 bridgehead atoms. The van der Waals surface area contributed by atoms with Crippen molar-refractivity contribution >= 4 is 39.2 Å². The number of aromatic nitrogens is 1. The Labute approximate surface area is 148 Å². The molecule has 0 aliphatic heterocycles. The summed E-state index contributed by atoms with van der Waals surface area (Å²) in [6.07, 6.45) is 1.99. The smallest absolute Gasteiger partial charge is 0.279 e. The first-order valence-corrected chi connectivity index (χ1v) is 9.61. The van der Waals surface area contributed by atoms with E-state index < -0.39 is 0 Å². The normalized spacial score (nSPS) is 11.9. The molecule has 0 spiro atoms. The average Bonchev–Trinajstić information content (AvgIpc) is 2.98. The molecule has 1 aromatic heterocycles. The highest BCUT2D eigenvalue weighted by Crippen LogP contribution is 2.27. The zero-order chi connectivity index (χ0) is 17.1. The van der Waals surface area contributed by atoms with Gasteiger partial charge in [-0.2, -0.15) is 4.99 Å². The number of benzene rings is 2. The predicted molar refractivity (Wildman–Crippen MR) is 100 cm³/mol. The molecule has 0 atom stereocenters. The number of para-hydroxylation sites is 1. The molecule has 1 amide bonds. The van der Waals surface area contributed by atoms with Crippen LogP contribution >= 0.6 is 23.1 Å². The minimum absolute atomic E-state index is 0.223. The predicted octanol–water partition coefficient (Wildman–Crippen LogP) is 4.19. The number of thioether (sulfide) groups is 1. The van der Waals surface area contributed by atoms with Crippen molar-refractivity contribution < 1.29 is 9.53 Å². The van der Waals surface area contributed by atoms with Crippen LogP contribution in [0.15, 0.2) is 52.4 Å². The lowest BCUT2D eigenvalue weighted by Crippen LogP contribution is -2.16. The Hall–Kier alpha value is -2.05. The van der Waals surface area contributed by atoms with E-state index in [2.05, 4.69) is 4.99 Å². The zero-order valence-corrected chi connectivity index (χ0v) is 15.4. The van der Waals surface area contributed by atoms with Gasteiger partial charge in [-0.05, 0) is 43.5 Å². The zero-order valence-electron chi connectivity index (χ0n) is 13.8. The molecule has 0 saturated heterocycles. The minimum Gasteiger partial charge on any atom is -0.495 e. The molecule has 0 aliphatic carbocycles. The minimum atomic E-state index is -0.223. The Morgan fingerprint density at radius 1 is 1.29 bits per heavy atom. The molecule has 0 N–H and O–H groups in total. The van der Waals surface area contributed by atoms with Crippen molar-refractivity contribution in [2.24, 2.45) is 4.99 Å². The van der Waals surface area contributed by atoms with Crippen molar-refractivity contribution in [3.05, 3.63) is 52.8 Å². The molecule has 0 unspecified atom stereocenters. The average molecular weight is 358 g/mol. The molecule has 24 heavy (non-hydrogen) atoms. The van der Waals surface area contributed by atoms with Crippen LogP contribution < -0.4 is 9.54 Å². The Morgan fingerprint density at radius 3 is 2.79 bits per heavy atom. The first kappa shape index (κ1) is 16.8. The van der Waals surface area contributed by atoms with E-state index >= 15 is 0 Å². The van der Waals surface area contributed by atoms with Gasteiger partial charge in [0.15, 0.2) is 4.80 Å². The van der Waals surface area contributed by atoms with E-state index in [4.69, 9.17) is 4.74 Å². The lowest BCUT2D eigenvalue weighted by molar-refractivity contribution is 0.0997. The van der Waals surface area contributed by atoms with Crippen LogP contribution in [0.1, 0.15) is 17.3 Å². The van der Waals surface area contributed by atoms with Crippen LogP contribution in [-0.4, -0.2) is 23.8 Å². The van der Waals surface area contributed by atoms with Gasteiger partial charge in [-0.1, -0.05) is 23.5 Å². The number of thiazole rings is 1. The molecule has 4 nitrogen and oxygen atoms in total. The number of methoxy groups -OCH3 is 1. The number of nitrogens with zero attached hydrogens (tertiary/aromatic N) is 2. The van der Waals surface area contributed by atoms with Crippen LogP contribution in [0.2, 0.25) is 0 Å². The molecule has 124 valence electrons. The SMILES string of the molecule is CCn1c(=NC(=O)c2cccc(SC)c2)sc2cccc(OC)c21. The van der Waals surface area contributed by atoms with Crippen molar-refractivity contribution in [1.29, 1.82) is 0 Å². The topological polar surface area (TPSA) is 43.6 Å². The van der Waals surface area contributed by atoms with Crippen LogP contribution in [0.4, 0.5) is 0 Å². The summed E-state index contributed by atoms with van der Waals surface area (Å²) >= 11 is 3.11. The van der Waals surface area contributed by atoms with Crippen molar-refractivity contribution in [1.82, 2.24) is 4.57 Å². The molecule has 3 aromatic rings. The second-order valence-corrected chi connectivity index (χ2v) is 6.97. The summed E-state index contributed by atoms with van der Waals surface area (Å²) in [5.41, 5.74) is 1.59. The largest absolute Gasteiger partial charge is 0.495 e.